The molecule has 0 radical (unpaired) electrons. The molecule has 2 amide bonds. The fraction of sp³-hybridized carbons (Fsp3) is 0.833. The molecule has 0 saturated heterocycles. The average Bonchev–Trinajstić information content (AvgIpc) is 1.93. The van der Waals surface area contributed by atoms with E-state index >= 15 is 0 Å². The van der Waals surface area contributed by atoms with Crippen molar-refractivity contribution in [3.63, 3.8) is 0 Å². The highest BCUT2D eigenvalue weighted by molar-refractivity contribution is 5.87. The number of nitrogens with one attached hydrogen (secondary N) is 2. The molecule has 1 unspecified atom stereocenters. The second kappa shape index (κ2) is 4.85. The zero-order valence-electron chi connectivity index (χ0n) is 11.4. The van der Waals surface area contributed by atoms with Gasteiger partial charge < -0.3 is 10.6 Å². The first kappa shape index (κ1) is 14.9. The number of Topliss-reactive ketones (excluding diaryl/α,β-unsaturated/α-hetero) is 1. The highest BCUT2D eigenvalue weighted by Crippen LogP contribution is 2.19. The Bertz CT molecular complexity index is 272. The lowest BCUT2D eigenvalue weighted by atomic mass is 9.84. The Morgan fingerprint density at radius 2 is 1.44 bits per heavy atom. The van der Waals surface area contributed by atoms with Crippen LogP contribution in [0.15, 0.2) is 0 Å². The summed E-state index contributed by atoms with van der Waals surface area (Å²) in [6, 6.07) is -0.766. The van der Waals surface area contributed by atoms with Gasteiger partial charge in [-0.15, -0.1) is 0 Å². The van der Waals surface area contributed by atoms with Gasteiger partial charge in [0.1, 0.15) is 0 Å². The fourth-order valence-electron chi connectivity index (χ4n) is 1.44. The topological polar surface area (TPSA) is 58.2 Å². The van der Waals surface area contributed by atoms with E-state index in [0.29, 0.717) is 0 Å². The number of carbonyl (C=O) groups excluding carboxylic acids is 2. The molecule has 0 aromatic rings. The van der Waals surface area contributed by atoms with Crippen LogP contribution >= 0.6 is 0 Å². The summed E-state index contributed by atoms with van der Waals surface area (Å²) in [6.45, 7) is 13.0. The molecule has 0 aliphatic rings. The SMILES string of the molecule is CC(=O)C(NC(=O)NC(C)(C)C)C(C)(C)C. The van der Waals surface area contributed by atoms with Crippen molar-refractivity contribution >= 4 is 11.8 Å². The Hall–Kier alpha value is -1.06. The lowest BCUT2D eigenvalue weighted by Gasteiger charge is -2.31. The molecule has 0 aromatic carbocycles. The van der Waals surface area contributed by atoms with Gasteiger partial charge in [-0.2, -0.15) is 0 Å². The number of hydrogen-bond acceptors (Lipinski definition) is 2. The second-order valence-corrected chi connectivity index (χ2v) is 6.26. The maximum absolute atomic E-state index is 11.6. The van der Waals surface area contributed by atoms with E-state index in [-0.39, 0.29) is 22.8 Å². The van der Waals surface area contributed by atoms with Crippen LogP contribution in [0.4, 0.5) is 4.79 Å². The molecule has 0 rings (SSSR count). The summed E-state index contributed by atoms with van der Waals surface area (Å²) < 4.78 is 0. The Morgan fingerprint density at radius 3 is 1.69 bits per heavy atom. The minimum Gasteiger partial charge on any atom is -0.334 e. The Kier molecular flexibility index (Phi) is 4.53. The van der Waals surface area contributed by atoms with Gasteiger partial charge >= 0.3 is 6.03 Å². The first-order valence-corrected chi connectivity index (χ1v) is 5.52. The largest absolute Gasteiger partial charge is 0.334 e. The minimum absolute atomic E-state index is 0.0310. The molecule has 4 nitrogen and oxygen atoms in total. The van der Waals surface area contributed by atoms with E-state index in [1.54, 1.807) is 0 Å². The summed E-state index contributed by atoms with van der Waals surface area (Å²) >= 11 is 0. The van der Waals surface area contributed by atoms with Gasteiger partial charge in [-0.1, -0.05) is 20.8 Å². The molecule has 94 valence electrons. The van der Waals surface area contributed by atoms with E-state index in [2.05, 4.69) is 10.6 Å². The molecule has 0 aliphatic carbocycles. The van der Waals surface area contributed by atoms with Gasteiger partial charge in [0.25, 0.3) is 0 Å². The lowest BCUT2D eigenvalue weighted by molar-refractivity contribution is -0.121. The zero-order chi connectivity index (χ0) is 13.1. The van der Waals surface area contributed by atoms with Crippen LogP contribution in [0.2, 0.25) is 0 Å². The highest BCUT2D eigenvalue weighted by atomic mass is 16.2. The summed E-state index contributed by atoms with van der Waals surface area (Å²) in [5.41, 5.74) is -0.579. The smallest absolute Gasteiger partial charge is 0.315 e. The van der Waals surface area contributed by atoms with E-state index in [1.165, 1.54) is 6.92 Å². The summed E-state index contributed by atoms with van der Waals surface area (Å²) in [4.78, 5) is 23.1. The van der Waals surface area contributed by atoms with Crippen molar-refractivity contribution in [2.45, 2.75) is 60.0 Å². The first-order valence-electron chi connectivity index (χ1n) is 5.52. The predicted molar refractivity (Wildman–Crippen MR) is 65.3 cm³/mol. The molecule has 4 heteroatoms. The molecule has 0 heterocycles. The van der Waals surface area contributed by atoms with E-state index in [1.807, 2.05) is 41.5 Å². The molecule has 0 saturated carbocycles. The van der Waals surface area contributed by atoms with Crippen molar-refractivity contribution < 1.29 is 9.59 Å². The van der Waals surface area contributed by atoms with Crippen molar-refractivity contribution in [1.29, 1.82) is 0 Å². The summed E-state index contributed by atoms with van der Waals surface area (Å²) in [7, 11) is 0. The predicted octanol–water partition coefficient (Wildman–Crippen LogP) is 2.09. The van der Waals surface area contributed by atoms with Crippen molar-refractivity contribution in [2.24, 2.45) is 5.41 Å². The van der Waals surface area contributed by atoms with Gasteiger partial charge in [-0.05, 0) is 33.1 Å². The highest BCUT2D eigenvalue weighted by Gasteiger charge is 2.30. The maximum Gasteiger partial charge on any atom is 0.315 e. The fourth-order valence-corrected chi connectivity index (χ4v) is 1.44. The van der Waals surface area contributed by atoms with E-state index < -0.39 is 6.04 Å². The third-order valence-electron chi connectivity index (χ3n) is 2.04. The molecule has 0 aromatic heterocycles. The Morgan fingerprint density at radius 1 is 1.00 bits per heavy atom. The van der Waals surface area contributed by atoms with Gasteiger partial charge in [0.2, 0.25) is 0 Å². The lowest BCUT2D eigenvalue weighted by Crippen LogP contribution is -2.55. The van der Waals surface area contributed by atoms with Gasteiger partial charge in [0.15, 0.2) is 5.78 Å². The van der Waals surface area contributed by atoms with E-state index in [0.717, 1.165) is 0 Å². The van der Waals surface area contributed by atoms with Crippen LogP contribution in [0.3, 0.4) is 0 Å². The Balaban J connectivity index is 4.56. The molecule has 1 atom stereocenters. The normalized spacial score (nSPS) is 14.2. The molecule has 0 spiro atoms. The van der Waals surface area contributed by atoms with E-state index in [9.17, 15) is 9.59 Å². The number of amides is 2. The number of carbonyl (C=O) groups is 2. The number of urea groups is 1. The summed E-state index contributed by atoms with van der Waals surface area (Å²) in [6.07, 6.45) is 0. The van der Waals surface area contributed by atoms with Crippen LogP contribution in [0, 0.1) is 5.41 Å². The molecule has 0 fully saturated rings. The molecular formula is C12H24N2O2. The van der Waals surface area contributed by atoms with Crippen LogP contribution in [-0.4, -0.2) is 23.4 Å². The van der Waals surface area contributed by atoms with Gasteiger partial charge in [0.05, 0.1) is 6.04 Å². The van der Waals surface area contributed by atoms with Crippen molar-refractivity contribution in [2.75, 3.05) is 0 Å². The third kappa shape index (κ3) is 5.73. The molecular weight excluding hydrogens is 204 g/mol. The van der Waals surface area contributed by atoms with Gasteiger partial charge in [-0.3, -0.25) is 4.79 Å². The van der Waals surface area contributed by atoms with Crippen molar-refractivity contribution in [1.82, 2.24) is 10.6 Å². The van der Waals surface area contributed by atoms with E-state index in [4.69, 9.17) is 0 Å². The quantitative estimate of drug-likeness (QED) is 0.760. The summed E-state index contributed by atoms with van der Waals surface area (Å²) in [5.74, 6) is -0.0310. The van der Waals surface area contributed by atoms with Crippen molar-refractivity contribution in [3.8, 4) is 0 Å². The third-order valence-corrected chi connectivity index (χ3v) is 2.04. The molecule has 0 bridgehead atoms. The van der Waals surface area contributed by atoms with Crippen molar-refractivity contribution in [3.05, 3.63) is 0 Å². The standard InChI is InChI=1S/C12H24N2O2/c1-8(15)9(11(2,3)4)13-10(16)14-12(5,6)7/h9H,1-7H3,(H2,13,14,16). The second-order valence-electron chi connectivity index (χ2n) is 6.26. The van der Waals surface area contributed by atoms with Crippen LogP contribution in [-0.2, 0) is 4.79 Å². The number of rotatable bonds is 2. The maximum atomic E-state index is 11.6. The van der Waals surface area contributed by atoms with Crippen LogP contribution in [0.5, 0.6) is 0 Å². The molecule has 0 aliphatic heterocycles. The number of hydrogen-bond donors (Lipinski definition) is 2. The average molecular weight is 228 g/mol. The van der Waals surface area contributed by atoms with Gasteiger partial charge in [0, 0.05) is 5.54 Å². The summed E-state index contributed by atoms with van der Waals surface area (Å²) in [5, 5.41) is 5.49. The minimum atomic E-state index is -0.463. The Labute approximate surface area is 98.2 Å². The van der Waals surface area contributed by atoms with Crippen LogP contribution in [0.25, 0.3) is 0 Å². The molecule has 2 N–H and O–H groups in total. The monoisotopic (exact) mass is 228 g/mol. The zero-order valence-corrected chi connectivity index (χ0v) is 11.4. The number of ketones is 1. The van der Waals surface area contributed by atoms with Crippen LogP contribution in [0.1, 0.15) is 48.5 Å². The van der Waals surface area contributed by atoms with Gasteiger partial charge in [-0.25, -0.2) is 4.79 Å². The molecule has 16 heavy (non-hydrogen) atoms. The first-order chi connectivity index (χ1) is 6.93. The van der Waals surface area contributed by atoms with Crippen LogP contribution < -0.4 is 10.6 Å².